The Labute approximate surface area is 111 Å². The number of rotatable bonds is 4. The van der Waals surface area contributed by atoms with E-state index in [4.69, 9.17) is 4.74 Å². The first-order valence-electron chi connectivity index (χ1n) is 6.23. The maximum absolute atomic E-state index is 11.9. The number of nitrogens with one attached hydrogen (secondary N) is 1. The molecule has 0 aliphatic heterocycles. The monoisotopic (exact) mass is 269 g/mol. The van der Waals surface area contributed by atoms with Crippen LogP contribution in [0.25, 0.3) is 0 Å². The smallest absolute Gasteiger partial charge is 0.225 e. The number of carbonyl (C=O) groups excluding carboxylic acids is 1. The molecule has 1 saturated carbocycles. The average molecular weight is 269 g/mol. The van der Waals surface area contributed by atoms with Crippen LogP contribution in [-0.4, -0.2) is 36.4 Å². The largest absolute Gasteiger partial charge is 0.388 e. The number of carbonyl (C=O) groups is 1. The second-order valence-corrected chi connectivity index (χ2v) is 5.66. The van der Waals surface area contributed by atoms with E-state index in [9.17, 15) is 9.90 Å². The Morgan fingerprint density at radius 1 is 1.61 bits per heavy atom. The van der Waals surface area contributed by atoms with Crippen LogP contribution in [0.15, 0.2) is 17.5 Å². The van der Waals surface area contributed by atoms with E-state index in [2.05, 4.69) is 5.32 Å². The molecule has 0 aromatic carbocycles. The predicted octanol–water partition coefficient (Wildman–Crippen LogP) is 1.34. The van der Waals surface area contributed by atoms with Crippen molar-refractivity contribution in [2.24, 2.45) is 0 Å². The molecule has 5 heteroatoms. The molecule has 1 aromatic rings. The van der Waals surface area contributed by atoms with Crippen molar-refractivity contribution in [1.29, 1.82) is 0 Å². The molecule has 2 rings (SSSR count). The SMILES string of the molecule is CO[C@@H]1CCC[C@@H](NC(=O)Cc2cccs2)[C@H]1O. The molecule has 1 aromatic heterocycles. The fourth-order valence-corrected chi connectivity index (χ4v) is 3.09. The molecule has 0 saturated heterocycles. The molecule has 0 radical (unpaired) electrons. The van der Waals surface area contributed by atoms with E-state index in [0.717, 1.165) is 24.1 Å². The zero-order valence-corrected chi connectivity index (χ0v) is 11.3. The van der Waals surface area contributed by atoms with Gasteiger partial charge in [-0.2, -0.15) is 0 Å². The topological polar surface area (TPSA) is 58.6 Å². The number of ether oxygens (including phenoxy) is 1. The summed E-state index contributed by atoms with van der Waals surface area (Å²) in [7, 11) is 1.60. The number of aliphatic hydroxyl groups excluding tert-OH is 1. The van der Waals surface area contributed by atoms with Crippen molar-refractivity contribution in [3.05, 3.63) is 22.4 Å². The highest BCUT2D eigenvalue weighted by atomic mass is 32.1. The second-order valence-electron chi connectivity index (χ2n) is 4.63. The van der Waals surface area contributed by atoms with Crippen molar-refractivity contribution in [3.63, 3.8) is 0 Å². The Balaban J connectivity index is 1.86. The number of methoxy groups -OCH3 is 1. The minimum atomic E-state index is -0.601. The van der Waals surface area contributed by atoms with Gasteiger partial charge in [0.25, 0.3) is 0 Å². The molecule has 2 N–H and O–H groups in total. The van der Waals surface area contributed by atoms with Gasteiger partial charge in [0.1, 0.15) is 6.10 Å². The molecular formula is C13H19NO3S. The minimum absolute atomic E-state index is 0.0294. The van der Waals surface area contributed by atoms with Gasteiger partial charge in [-0.1, -0.05) is 6.07 Å². The predicted molar refractivity (Wildman–Crippen MR) is 70.6 cm³/mol. The van der Waals surface area contributed by atoms with E-state index in [-0.39, 0.29) is 18.1 Å². The Kier molecular flexibility index (Phi) is 4.74. The summed E-state index contributed by atoms with van der Waals surface area (Å²) in [5.41, 5.74) is 0. The first-order chi connectivity index (χ1) is 8.70. The number of thiophene rings is 1. The van der Waals surface area contributed by atoms with Gasteiger partial charge in [-0.05, 0) is 30.7 Å². The van der Waals surface area contributed by atoms with Crippen LogP contribution in [0.3, 0.4) is 0 Å². The van der Waals surface area contributed by atoms with E-state index < -0.39 is 6.10 Å². The average Bonchev–Trinajstić information content (AvgIpc) is 2.84. The molecule has 1 aliphatic rings. The summed E-state index contributed by atoms with van der Waals surface area (Å²) in [6.45, 7) is 0. The third-order valence-corrected chi connectivity index (χ3v) is 4.24. The molecule has 1 heterocycles. The zero-order chi connectivity index (χ0) is 13.0. The second kappa shape index (κ2) is 6.31. The van der Waals surface area contributed by atoms with Crippen LogP contribution >= 0.6 is 11.3 Å². The number of amides is 1. The van der Waals surface area contributed by atoms with Crippen LogP contribution in [0.2, 0.25) is 0 Å². The highest BCUT2D eigenvalue weighted by Gasteiger charge is 2.32. The van der Waals surface area contributed by atoms with Gasteiger partial charge in [0.05, 0.1) is 18.6 Å². The Morgan fingerprint density at radius 3 is 3.11 bits per heavy atom. The van der Waals surface area contributed by atoms with E-state index in [1.807, 2.05) is 17.5 Å². The molecule has 1 amide bonds. The lowest BCUT2D eigenvalue weighted by atomic mass is 9.90. The quantitative estimate of drug-likeness (QED) is 0.867. The summed E-state index contributed by atoms with van der Waals surface area (Å²) in [4.78, 5) is 12.9. The molecule has 18 heavy (non-hydrogen) atoms. The van der Waals surface area contributed by atoms with Gasteiger partial charge in [-0.15, -0.1) is 11.3 Å². The van der Waals surface area contributed by atoms with Crippen LogP contribution in [0.1, 0.15) is 24.1 Å². The van der Waals surface area contributed by atoms with Gasteiger partial charge in [-0.25, -0.2) is 0 Å². The highest BCUT2D eigenvalue weighted by Crippen LogP contribution is 2.21. The summed E-state index contributed by atoms with van der Waals surface area (Å²) in [6, 6.07) is 3.69. The lowest BCUT2D eigenvalue weighted by Gasteiger charge is -2.34. The summed E-state index contributed by atoms with van der Waals surface area (Å²) in [5.74, 6) is -0.0294. The lowest BCUT2D eigenvalue weighted by Crippen LogP contribution is -2.51. The van der Waals surface area contributed by atoms with Crippen molar-refractivity contribution in [1.82, 2.24) is 5.32 Å². The van der Waals surface area contributed by atoms with Crippen molar-refractivity contribution in [2.45, 2.75) is 43.9 Å². The van der Waals surface area contributed by atoms with Gasteiger partial charge in [-0.3, -0.25) is 4.79 Å². The standard InChI is InChI=1S/C13H19NO3S/c1-17-11-6-2-5-10(13(11)16)14-12(15)8-9-4-3-7-18-9/h3-4,7,10-11,13,16H,2,5-6,8H2,1H3,(H,14,15)/t10-,11-,13-/m1/s1. The first kappa shape index (κ1) is 13.5. The molecule has 1 aliphatic carbocycles. The van der Waals surface area contributed by atoms with Crippen molar-refractivity contribution < 1.29 is 14.6 Å². The third-order valence-electron chi connectivity index (χ3n) is 3.36. The number of hydrogen-bond donors (Lipinski definition) is 2. The van der Waals surface area contributed by atoms with Gasteiger partial charge >= 0.3 is 0 Å². The molecule has 1 fully saturated rings. The normalized spacial score (nSPS) is 28.0. The van der Waals surface area contributed by atoms with Gasteiger partial charge < -0.3 is 15.2 Å². The molecule has 100 valence electrons. The maximum atomic E-state index is 11.9. The Hall–Kier alpha value is -0.910. The minimum Gasteiger partial charge on any atom is -0.388 e. The van der Waals surface area contributed by atoms with Crippen LogP contribution in [0, 0.1) is 0 Å². The molecule has 4 nitrogen and oxygen atoms in total. The maximum Gasteiger partial charge on any atom is 0.225 e. The van der Waals surface area contributed by atoms with Crippen LogP contribution in [0.5, 0.6) is 0 Å². The zero-order valence-electron chi connectivity index (χ0n) is 10.5. The Morgan fingerprint density at radius 2 is 2.44 bits per heavy atom. The fraction of sp³-hybridized carbons (Fsp3) is 0.615. The summed E-state index contributed by atoms with van der Waals surface area (Å²) < 4.78 is 5.22. The van der Waals surface area contributed by atoms with Crippen molar-refractivity contribution in [2.75, 3.05) is 7.11 Å². The van der Waals surface area contributed by atoms with E-state index in [0.29, 0.717) is 6.42 Å². The molecular weight excluding hydrogens is 250 g/mol. The van der Waals surface area contributed by atoms with E-state index in [1.54, 1.807) is 18.4 Å². The summed E-state index contributed by atoms with van der Waals surface area (Å²) in [6.07, 6.45) is 2.27. The van der Waals surface area contributed by atoms with Gasteiger partial charge in [0.15, 0.2) is 0 Å². The molecule has 0 unspecified atom stereocenters. The first-order valence-corrected chi connectivity index (χ1v) is 7.11. The lowest BCUT2D eigenvalue weighted by molar-refractivity contribution is -0.124. The van der Waals surface area contributed by atoms with Crippen LogP contribution < -0.4 is 5.32 Å². The number of aliphatic hydroxyl groups is 1. The Bertz CT molecular complexity index is 380. The fourth-order valence-electron chi connectivity index (χ4n) is 2.38. The molecule has 0 bridgehead atoms. The van der Waals surface area contributed by atoms with E-state index in [1.165, 1.54) is 0 Å². The molecule has 0 spiro atoms. The van der Waals surface area contributed by atoms with Crippen LogP contribution in [-0.2, 0) is 16.0 Å². The van der Waals surface area contributed by atoms with Gasteiger partial charge in [0, 0.05) is 12.0 Å². The third kappa shape index (κ3) is 3.31. The summed E-state index contributed by atoms with van der Waals surface area (Å²) in [5, 5.41) is 14.9. The molecule has 3 atom stereocenters. The number of hydrogen-bond acceptors (Lipinski definition) is 4. The van der Waals surface area contributed by atoms with Gasteiger partial charge in [0.2, 0.25) is 5.91 Å². The van der Waals surface area contributed by atoms with Crippen molar-refractivity contribution in [3.8, 4) is 0 Å². The summed E-state index contributed by atoms with van der Waals surface area (Å²) >= 11 is 1.57. The highest BCUT2D eigenvalue weighted by molar-refractivity contribution is 7.10. The van der Waals surface area contributed by atoms with Crippen LogP contribution in [0.4, 0.5) is 0 Å². The van der Waals surface area contributed by atoms with E-state index >= 15 is 0 Å². The van der Waals surface area contributed by atoms with Crippen molar-refractivity contribution >= 4 is 17.2 Å².